The molecule has 7 heteroatoms. The Morgan fingerprint density at radius 3 is 1.97 bits per heavy atom. The van der Waals surface area contributed by atoms with E-state index in [1.54, 1.807) is 42.5 Å². The summed E-state index contributed by atoms with van der Waals surface area (Å²) >= 11 is 0. The Labute approximate surface area is 185 Å². The van der Waals surface area contributed by atoms with Crippen LogP contribution in [0.4, 0.5) is 13.2 Å². The molecule has 0 saturated heterocycles. The summed E-state index contributed by atoms with van der Waals surface area (Å²) in [5, 5.41) is 0. The summed E-state index contributed by atoms with van der Waals surface area (Å²) in [5.74, 6) is 8.12. The lowest BCUT2D eigenvalue weighted by Gasteiger charge is -2.26. The molecule has 0 aliphatic heterocycles. The van der Waals surface area contributed by atoms with E-state index in [1.807, 2.05) is 6.07 Å². The second kappa shape index (κ2) is 9.74. The highest BCUT2D eigenvalue weighted by Crippen LogP contribution is 2.32. The van der Waals surface area contributed by atoms with Crippen molar-refractivity contribution in [1.29, 1.82) is 0 Å². The Morgan fingerprint density at radius 1 is 0.875 bits per heavy atom. The molecule has 0 aliphatic carbocycles. The average molecular weight is 453 g/mol. The molecule has 0 bridgehead atoms. The number of sulfonamides is 1. The lowest BCUT2D eigenvalue weighted by atomic mass is 10.0. The number of nitrogens with zero attached hydrogens (tertiary/aromatic N) is 1. The summed E-state index contributed by atoms with van der Waals surface area (Å²) in [6.07, 6.45) is 0.940. The molecule has 0 spiro atoms. The van der Waals surface area contributed by atoms with Gasteiger partial charge in [0.25, 0.3) is 0 Å². The first-order valence-corrected chi connectivity index (χ1v) is 10.9. The van der Waals surface area contributed by atoms with Gasteiger partial charge in [0.1, 0.15) is 6.04 Å². The maximum atomic E-state index is 13.4. The average Bonchev–Trinajstić information content (AvgIpc) is 2.79. The number of terminal acetylenes is 1. The molecule has 3 rings (SSSR count). The number of hydrogen-bond acceptors (Lipinski definition) is 2. The van der Waals surface area contributed by atoms with Crippen molar-refractivity contribution in [1.82, 2.24) is 4.31 Å². The van der Waals surface area contributed by atoms with Crippen molar-refractivity contribution in [2.75, 3.05) is 6.54 Å². The molecular weight excluding hydrogens is 435 g/mol. The first-order valence-electron chi connectivity index (χ1n) is 9.47. The lowest BCUT2D eigenvalue weighted by Crippen LogP contribution is -2.35. The molecule has 0 amide bonds. The molecule has 162 valence electrons. The monoisotopic (exact) mass is 453 g/mol. The molecule has 0 aromatic heterocycles. The van der Waals surface area contributed by atoms with Crippen molar-refractivity contribution >= 4 is 10.0 Å². The van der Waals surface area contributed by atoms with Gasteiger partial charge >= 0.3 is 6.18 Å². The van der Waals surface area contributed by atoms with Crippen molar-refractivity contribution in [2.24, 2.45) is 0 Å². The van der Waals surface area contributed by atoms with Gasteiger partial charge < -0.3 is 0 Å². The Kier molecular flexibility index (Phi) is 7.05. The second-order valence-electron chi connectivity index (χ2n) is 6.73. The van der Waals surface area contributed by atoms with E-state index < -0.39 is 27.8 Å². The van der Waals surface area contributed by atoms with Crippen LogP contribution < -0.4 is 0 Å². The molecule has 0 fully saturated rings. The minimum Gasteiger partial charge on any atom is -0.207 e. The molecular formula is C25H18F3NO2S. The van der Waals surface area contributed by atoms with E-state index in [0.29, 0.717) is 5.56 Å². The highest BCUT2D eigenvalue weighted by Gasteiger charge is 2.33. The van der Waals surface area contributed by atoms with Gasteiger partial charge in [-0.25, -0.2) is 8.42 Å². The van der Waals surface area contributed by atoms with Gasteiger partial charge in [0.15, 0.2) is 0 Å². The number of hydrogen-bond donors (Lipinski definition) is 0. The Bertz CT molecular complexity index is 1250. The predicted molar refractivity (Wildman–Crippen MR) is 117 cm³/mol. The van der Waals surface area contributed by atoms with Crippen LogP contribution in [0.3, 0.4) is 0 Å². The summed E-state index contributed by atoms with van der Waals surface area (Å²) in [6, 6.07) is 19.7. The highest BCUT2D eigenvalue weighted by molar-refractivity contribution is 7.89. The maximum absolute atomic E-state index is 13.4. The molecule has 0 saturated carbocycles. The molecule has 3 aromatic carbocycles. The SMILES string of the molecule is C#CCN(C(C#Cc1ccccc1)c1ccc(C(F)(F)F)cc1)S(=O)(=O)c1ccccc1. The molecule has 0 aliphatic rings. The third kappa shape index (κ3) is 5.39. The minimum atomic E-state index is -4.52. The fraction of sp³-hybridized carbons (Fsp3) is 0.120. The minimum absolute atomic E-state index is 0.00803. The predicted octanol–water partition coefficient (Wildman–Crippen LogP) is 5.12. The standard InChI is InChI=1S/C25H18F3NO2S/c1-2-19-29(32(30,31)23-11-7-4-8-12-23)24(18-13-20-9-5-3-6-10-20)21-14-16-22(17-15-21)25(26,27)28/h1,3-12,14-17,24H,19H2. The van der Waals surface area contributed by atoms with Crippen molar-refractivity contribution < 1.29 is 21.6 Å². The van der Waals surface area contributed by atoms with Crippen molar-refractivity contribution in [2.45, 2.75) is 17.1 Å². The van der Waals surface area contributed by atoms with Crippen LogP contribution >= 0.6 is 0 Å². The topological polar surface area (TPSA) is 37.4 Å². The van der Waals surface area contributed by atoms with E-state index in [9.17, 15) is 21.6 Å². The van der Waals surface area contributed by atoms with Gasteiger partial charge in [0, 0.05) is 5.56 Å². The van der Waals surface area contributed by atoms with Crippen LogP contribution in [0, 0.1) is 24.2 Å². The van der Waals surface area contributed by atoms with Crippen molar-refractivity contribution in [3.63, 3.8) is 0 Å². The molecule has 3 nitrogen and oxygen atoms in total. The summed E-state index contributed by atoms with van der Waals surface area (Å²) in [4.78, 5) is 0.00803. The fourth-order valence-corrected chi connectivity index (χ4v) is 4.45. The zero-order chi connectivity index (χ0) is 23.2. The van der Waals surface area contributed by atoms with Crippen LogP contribution in [0.1, 0.15) is 22.7 Å². The molecule has 0 N–H and O–H groups in total. The van der Waals surface area contributed by atoms with E-state index in [-0.39, 0.29) is 17.0 Å². The second-order valence-corrected chi connectivity index (χ2v) is 8.62. The summed E-state index contributed by atoms with van der Waals surface area (Å²) < 4.78 is 66.8. The Balaban J connectivity index is 2.13. The highest BCUT2D eigenvalue weighted by atomic mass is 32.2. The van der Waals surface area contributed by atoms with Gasteiger partial charge in [-0.1, -0.05) is 66.3 Å². The summed E-state index contributed by atoms with van der Waals surface area (Å²) in [7, 11) is -4.09. The summed E-state index contributed by atoms with van der Waals surface area (Å²) in [6.45, 7) is -0.313. The normalized spacial score (nSPS) is 12.5. The van der Waals surface area contributed by atoms with E-state index in [1.165, 1.54) is 24.3 Å². The fourth-order valence-electron chi connectivity index (χ4n) is 2.98. The number of rotatable bonds is 5. The smallest absolute Gasteiger partial charge is 0.207 e. The first-order chi connectivity index (χ1) is 15.2. The van der Waals surface area contributed by atoms with E-state index in [0.717, 1.165) is 16.4 Å². The zero-order valence-electron chi connectivity index (χ0n) is 16.8. The molecule has 1 unspecified atom stereocenters. The van der Waals surface area contributed by atoms with Gasteiger partial charge in [0.05, 0.1) is 17.0 Å². The van der Waals surface area contributed by atoms with Gasteiger partial charge in [-0.05, 0) is 42.0 Å². The van der Waals surface area contributed by atoms with E-state index in [2.05, 4.69) is 17.8 Å². The molecule has 1 atom stereocenters. The van der Waals surface area contributed by atoms with Crippen molar-refractivity contribution in [3.8, 4) is 24.2 Å². The number of alkyl halides is 3. The number of benzene rings is 3. The van der Waals surface area contributed by atoms with Gasteiger partial charge in [-0.15, -0.1) is 6.42 Å². The zero-order valence-corrected chi connectivity index (χ0v) is 17.6. The molecule has 0 radical (unpaired) electrons. The van der Waals surface area contributed by atoms with E-state index in [4.69, 9.17) is 6.42 Å². The van der Waals surface area contributed by atoms with Gasteiger partial charge in [-0.2, -0.15) is 17.5 Å². The maximum Gasteiger partial charge on any atom is 0.416 e. The third-order valence-electron chi connectivity index (χ3n) is 4.57. The van der Waals surface area contributed by atoms with Crippen LogP contribution in [-0.4, -0.2) is 19.3 Å². The molecule has 3 aromatic rings. The quantitative estimate of drug-likeness (QED) is 0.503. The third-order valence-corrected chi connectivity index (χ3v) is 6.39. The largest absolute Gasteiger partial charge is 0.416 e. The van der Waals surface area contributed by atoms with Crippen LogP contribution in [-0.2, 0) is 16.2 Å². The Hall–Kier alpha value is -3.52. The van der Waals surface area contributed by atoms with Crippen LogP contribution in [0.25, 0.3) is 0 Å². The van der Waals surface area contributed by atoms with Crippen LogP contribution in [0.5, 0.6) is 0 Å². The Morgan fingerprint density at radius 2 is 1.44 bits per heavy atom. The van der Waals surface area contributed by atoms with Crippen LogP contribution in [0.2, 0.25) is 0 Å². The summed E-state index contributed by atoms with van der Waals surface area (Å²) in [5.41, 5.74) is 0.0591. The molecule has 0 heterocycles. The molecule has 32 heavy (non-hydrogen) atoms. The van der Waals surface area contributed by atoms with E-state index >= 15 is 0 Å². The van der Waals surface area contributed by atoms with Gasteiger partial charge in [-0.3, -0.25) is 0 Å². The van der Waals surface area contributed by atoms with Gasteiger partial charge in [0.2, 0.25) is 10.0 Å². The van der Waals surface area contributed by atoms with Crippen molar-refractivity contribution in [3.05, 3.63) is 102 Å². The van der Waals surface area contributed by atoms with Crippen LogP contribution in [0.15, 0.2) is 89.8 Å². The first kappa shape index (κ1) is 23.1. The lowest BCUT2D eigenvalue weighted by molar-refractivity contribution is -0.137. The number of halogens is 3.